The Labute approximate surface area is 107 Å². The zero-order valence-electron chi connectivity index (χ0n) is 9.88. The molecule has 0 spiro atoms. The molecule has 2 heterocycles. The van der Waals surface area contributed by atoms with Crippen molar-refractivity contribution in [1.29, 1.82) is 0 Å². The molecule has 0 aliphatic heterocycles. The fourth-order valence-electron chi connectivity index (χ4n) is 1.40. The normalized spacial score (nSPS) is 10.6. The molecule has 0 aliphatic carbocycles. The van der Waals surface area contributed by atoms with Crippen LogP contribution < -0.4 is 11.3 Å². The fourth-order valence-corrected chi connectivity index (χ4v) is 2.13. The summed E-state index contributed by atoms with van der Waals surface area (Å²) in [6, 6.07) is 1.66. The standard InChI is InChI=1S/C9H12N6O2S/c1-5-7(8(16)11-10)3-6(17-5)4-18-9-12-13-14-15(9)2/h3H,4,10H2,1-2H3,(H,11,16). The summed E-state index contributed by atoms with van der Waals surface area (Å²) in [4.78, 5) is 11.4. The first-order chi connectivity index (χ1) is 8.61. The second-order valence-electron chi connectivity index (χ2n) is 3.53. The number of carbonyl (C=O) groups is 1. The molecule has 3 N–H and O–H groups in total. The lowest BCUT2D eigenvalue weighted by Gasteiger charge is -1.95. The Morgan fingerprint density at radius 3 is 3.06 bits per heavy atom. The molecule has 9 heteroatoms. The number of carbonyl (C=O) groups excluding carboxylic acids is 1. The second kappa shape index (κ2) is 5.19. The van der Waals surface area contributed by atoms with Crippen molar-refractivity contribution in [3.8, 4) is 0 Å². The van der Waals surface area contributed by atoms with Crippen LogP contribution in [0.15, 0.2) is 15.6 Å². The maximum Gasteiger partial charge on any atom is 0.268 e. The maximum absolute atomic E-state index is 11.4. The van der Waals surface area contributed by atoms with E-state index in [4.69, 9.17) is 10.3 Å². The van der Waals surface area contributed by atoms with Gasteiger partial charge >= 0.3 is 0 Å². The van der Waals surface area contributed by atoms with E-state index in [9.17, 15) is 4.79 Å². The molecule has 18 heavy (non-hydrogen) atoms. The first kappa shape index (κ1) is 12.6. The molecular weight excluding hydrogens is 256 g/mol. The zero-order valence-corrected chi connectivity index (χ0v) is 10.7. The predicted molar refractivity (Wildman–Crippen MR) is 63.5 cm³/mol. The summed E-state index contributed by atoms with van der Waals surface area (Å²) < 4.78 is 7.02. The van der Waals surface area contributed by atoms with Gasteiger partial charge in [-0.15, -0.1) is 5.10 Å². The van der Waals surface area contributed by atoms with E-state index in [1.54, 1.807) is 24.7 Å². The van der Waals surface area contributed by atoms with Crippen molar-refractivity contribution >= 4 is 17.7 Å². The van der Waals surface area contributed by atoms with Gasteiger partial charge in [-0.3, -0.25) is 10.2 Å². The number of nitrogens with one attached hydrogen (secondary N) is 1. The van der Waals surface area contributed by atoms with Crippen molar-refractivity contribution in [2.45, 2.75) is 17.8 Å². The molecule has 0 saturated heterocycles. The Bertz CT molecular complexity index is 563. The smallest absolute Gasteiger partial charge is 0.268 e. The summed E-state index contributed by atoms with van der Waals surface area (Å²) in [5.74, 6) is 6.44. The number of tetrazole rings is 1. The molecule has 2 aromatic rings. The van der Waals surface area contributed by atoms with E-state index >= 15 is 0 Å². The van der Waals surface area contributed by atoms with Gasteiger partial charge in [-0.05, 0) is 23.4 Å². The minimum absolute atomic E-state index is 0.368. The van der Waals surface area contributed by atoms with Gasteiger partial charge in [0, 0.05) is 7.05 Å². The van der Waals surface area contributed by atoms with Crippen molar-refractivity contribution in [2.75, 3.05) is 0 Å². The number of nitrogens with zero attached hydrogens (tertiary/aromatic N) is 4. The molecule has 2 aromatic heterocycles. The van der Waals surface area contributed by atoms with Crippen LogP contribution in [0.4, 0.5) is 0 Å². The van der Waals surface area contributed by atoms with E-state index in [-0.39, 0.29) is 5.91 Å². The second-order valence-corrected chi connectivity index (χ2v) is 4.47. The van der Waals surface area contributed by atoms with E-state index < -0.39 is 0 Å². The lowest BCUT2D eigenvalue weighted by molar-refractivity contribution is 0.0952. The first-order valence-corrected chi connectivity index (χ1v) is 6.05. The quantitative estimate of drug-likeness (QED) is 0.347. The molecule has 0 radical (unpaired) electrons. The Balaban J connectivity index is 2.07. The summed E-state index contributed by atoms with van der Waals surface area (Å²) in [5, 5.41) is 11.8. The van der Waals surface area contributed by atoms with Crippen LogP contribution in [-0.4, -0.2) is 26.1 Å². The van der Waals surface area contributed by atoms with Crippen LogP contribution in [0.5, 0.6) is 0 Å². The highest BCUT2D eigenvalue weighted by Crippen LogP contribution is 2.23. The summed E-state index contributed by atoms with van der Waals surface area (Å²) >= 11 is 1.42. The van der Waals surface area contributed by atoms with E-state index in [0.717, 1.165) is 0 Å². The van der Waals surface area contributed by atoms with Gasteiger partial charge in [0.2, 0.25) is 5.16 Å². The summed E-state index contributed by atoms with van der Waals surface area (Å²) in [7, 11) is 1.75. The number of thioether (sulfide) groups is 1. The van der Waals surface area contributed by atoms with Crippen molar-refractivity contribution in [2.24, 2.45) is 12.9 Å². The number of furan rings is 1. The van der Waals surface area contributed by atoms with Gasteiger partial charge in [-0.25, -0.2) is 10.5 Å². The van der Waals surface area contributed by atoms with Gasteiger partial charge < -0.3 is 4.42 Å². The SMILES string of the molecule is Cc1oc(CSc2nnnn2C)cc1C(=O)NN. The molecular formula is C9H12N6O2S. The number of amides is 1. The Morgan fingerprint density at radius 1 is 1.67 bits per heavy atom. The highest BCUT2D eigenvalue weighted by Gasteiger charge is 2.14. The van der Waals surface area contributed by atoms with Crippen LogP contribution in [0.2, 0.25) is 0 Å². The largest absolute Gasteiger partial charge is 0.465 e. The highest BCUT2D eigenvalue weighted by atomic mass is 32.2. The number of nitrogens with two attached hydrogens (primary N) is 1. The Morgan fingerprint density at radius 2 is 2.44 bits per heavy atom. The van der Waals surface area contributed by atoms with Crippen molar-refractivity contribution < 1.29 is 9.21 Å². The van der Waals surface area contributed by atoms with E-state index in [2.05, 4.69) is 21.0 Å². The predicted octanol–water partition coefficient (Wildman–Crippen LogP) is 0.00732. The van der Waals surface area contributed by atoms with Crippen LogP contribution in [0.25, 0.3) is 0 Å². The summed E-state index contributed by atoms with van der Waals surface area (Å²) in [6.07, 6.45) is 0. The van der Waals surface area contributed by atoms with Crippen LogP contribution in [-0.2, 0) is 12.8 Å². The summed E-state index contributed by atoms with van der Waals surface area (Å²) in [6.45, 7) is 1.71. The third-order valence-corrected chi connectivity index (χ3v) is 3.30. The number of aromatic nitrogens is 4. The number of hydrogen-bond donors (Lipinski definition) is 2. The lowest BCUT2D eigenvalue weighted by Crippen LogP contribution is -2.30. The van der Waals surface area contributed by atoms with Gasteiger partial charge in [0.05, 0.1) is 11.3 Å². The van der Waals surface area contributed by atoms with Gasteiger partial charge in [-0.1, -0.05) is 11.8 Å². The molecule has 0 saturated carbocycles. The van der Waals surface area contributed by atoms with Crippen LogP contribution in [0.3, 0.4) is 0 Å². The van der Waals surface area contributed by atoms with Crippen molar-refractivity contribution in [3.63, 3.8) is 0 Å². The average molecular weight is 268 g/mol. The number of rotatable bonds is 4. The van der Waals surface area contributed by atoms with Crippen LogP contribution in [0, 0.1) is 6.92 Å². The third-order valence-electron chi connectivity index (χ3n) is 2.27. The Hall–Kier alpha value is -1.87. The van der Waals surface area contributed by atoms with Crippen LogP contribution >= 0.6 is 11.8 Å². The van der Waals surface area contributed by atoms with Gasteiger partial charge in [0.15, 0.2) is 0 Å². The molecule has 2 rings (SSSR count). The van der Waals surface area contributed by atoms with Crippen LogP contribution in [0.1, 0.15) is 21.9 Å². The van der Waals surface area contributed by atoms with E-state index in [0.29, 0.717) is 28.0 Å². The van der Waals surface area contributed by atoms with Gasteiger partial charge in [-0.2, -0.15) is 0 Å². The fraction of sp³-hybridized carbons (Fsp3) is 0.333. The number of hydrogen-bond acceptors (Lipinski definition) is 7. The molecule has 1 amide bonds. The topological polar surface area (TPSA) is 112 Å². The molecule has 0 atom stereocenters. The molecule has 0 aliphatic rings. The minimum atomic E-state index is -0.368. The Kier molecular flexibility index (Phi) is 3.63. The van der Waals surface area contributed by atoms with Gasteiger partial charge in [0.1, 0.15) is 11.5 Å². The first-order valence-electron chi connectivity index (χ1n) is 5.07. The number of aryl methyl sites for hydroxylation is 2. The molecule has 0 unspecified atom stereocenters. The molecule has 0 fully saturated rings. The van der Waals surface area contributed by atoms with E-state index in [1.807, 2.05) is 0 Å². The molecule has 8 nitrogen and oxygen atoms in total. The molecule has 0 aromatic carbocycles. The lowest BCUT2D eigenvalue weighted by atomic mass is 10.2. The highest BCUT2D eigenvalue weighted by molar-refractivity contribution is 7.98. The third kappa shape index (κ3) is 2.51. The maximum atomic E-state index is 11.4. The monoisotopic (exact) mass is 268 g/mol. The van der Waals surface area contributed by atoms with Crippen molar-refractivity contribution in [3.05, 3.63) is 23.2 Å². The summed E-state index contributed by atoms with van der Waals surface area (Å²) in [5.41, 5.74) is 2.51. The minimum Gasteiger partial charge on any atom is -0.465 e. The molecule has 96 valence electrons. The van der Waals surface area contributed by atoms with Crippen molar-refractivity contribution in [1.82, 2.24) is 25.6 Å². The number of hydrazine groups is 1. The molecule has 0 bridgehead atoms. The average Bonchev–Trinajstić information content (AvgIpc) is 2.92. The zero-order chi connectivity index (χ0) is 13.1. The van der Waals surface area contributed by atoms with Gasteiger partial charge in [0.25, 0.3) is 5.91 Å². The number of nitrogen functional groups attached to an aromatic ring is 1. The van der Waals surface area contributed by atoms with E-state index in [1.165, 1.54) is 11.8 Å².